The van der Waals surface area contributed by atoms with E-state index in [1.54, 1.807) is 0 Å². The Bertz CT molecular complexity index is 658. The van der Waals surface area contributed by atoms with Gasteiger partial charge in [0.15, 0.2) is 5.78 Å². The summed E-state index contributed by atoms with van der Waals surface area (Å²) >= 11 is 0. The first-order valence-electron chi connectivity index (χ1n) is 6.20. The van der Waals surface area contributed by atoms with Gasteiger partial charge in [0, 0.05) is 6.42 Å². The molecular formula is C15H14O7. The number of carboxylic acid groups (broad SMARTS) is 2. The number of ether oxygens (including phenoxy) is 1. The van der Waals surface area contributed by atoms with Gasteiger partial charge in [-0.05, 0) is 30.7 Å². The summed E-state index contributed by atoms with van der Waals surface area (Å²) in [5.74, 6) is -3.97. The molecule has 7 nitrogen and oxygen atoms in total. The van der Waals surface area contributed by atoms with Gasteiger partial charge in [0.2, 0.25) is 0 Å². The Balaban J connectivity index is 2.84. The van der Waals surface area contributed by atoms with Crippen molar-refractivity contribution in [3.05, 3.63) is 47.0 Å². The van der Waals surface area contributed by atoms with Gasteiger partial charge in [-0.2, -0.15) is 0 Å². The lowest BCUT2D eigenvalue weighted by Gasteiger charge is -2.07. The average Bonchev–Trinajstić information content (AvgIpc) is 2.45. The van der Waals surface area contributed by atoms with Crippen LogP contribution in [0.5, 0.6) is 0 Å². The van der Waals surface area contributed by atoms with Crippen molar-refractivity contribution in [3.8, 4) is 0 Å². The molecule has 116 valence electrons. The third-order valence-corrected chi connectivity index (χ3v) is 2.75. The first kappa shape index (κ1) is 17.1. The number of esters is 1. The lowest BCUT2D eigenvalue weighted by Crippen LogP contribution is -2.13. The number of rotatable bonds is 7. The minimum atomic E-state index is -1.47. The quantitative estimate of drug-likeness (QED) is 0.582. The molecule has 1 rings (SSSR count). The second-order valence-corrected chi connectivity index (χ2v) is 4.46. The van der Waals surface area contributed by atoms with Crippen molar-refractivity contribution >= 4 is 23.7 Å². The predicted molar refractivity (Wildman–Crippen MR) is 75.1 cm³/mol. The van der Waals surface area contributed by atoms with Gasteiger partial charge in [0.25, 0.3) is 0 Å². The summed E-state index contributed by atoms with van der Waals surface area (Å²) < 4.78 is 4.84. The molecule has 1 aromatic rings. The van der Waals surface area contributed by atoms with Crippen molar-refractivity contribution in [1.82, 2.24) is 0 Å². The summed E-state index contributed by atoms with van der Waals surface area (Å²) in [5.41, 5.74) is -0.707. The van der Waals surface area contributed by atoms with Gasteiger partial charge < -0.3 is 14.9 Å². The van der Waals surface area contributed by atoms with E-state index in [9.17, 15) is 19.2 Å². The molecule has 1 aromatic carbocycles. The van der Waals surface area contributed by atoms with Crippen LogP contribution in [-0.4, -0.2) is 40.5 Å². The molecule has 0 fully saturated rings. The Kier molecular flexibility index (Phi) is 5.57. The number of ketones is 1. The summed E-state index contributed by atoms with van der Waals surface area (Å²) in [6.07, 6.45) is -0.0277. The number of carboxylic acids is 2. The molecule has 0 saturated heterocycles. The lowest BCUT2D eigenvalue weighted by atomic mass is 10.0. The Morgan fingerprint density at radius 3 is 2.18 bits per heavy atom. The molecule has 0 unspecified atom stereocenters. The van der Waals surface area contributed by atoms with E-state index in [2.05, 4.69) is 6.58 Å². The minimum Gasteiger partial charge on any atom is -0.478 e. The summed E-state index contributed by atoms with van der Waals surface area (Å²) in [5, 5.41) is 17.8. The van der Waals surface area contributed by atoms with Crippen LogP contribution in [0.15, 0.2) is 30.4 Å². The van der Waals surface area contributed by atoms with Crippen molar-refractivity contribution in [2.45, 2.75) is 13.3 Å². The Hall–Kier alpha value is -2.96. The summed E-state index contributed by atoms with van der Waals surface area (Å²) in [4.78, 5) is 44.9. The number of carbonyl (C=O) groups excluding carboxylic acids is 2. The van der Waals surface area contributed by atoms with Crippen LogP contribution in [0.3, 0.4) is 0 Å². The van der Waals surface area contributed by atoms with Crippen LogP contribution < -0.4 is 0 Å². The van der Waals surface area contributed by atoms with Gasteiger partial charge in [-0.15, -0.1) is 0 Å². The first-order chi connectivity index (χ1) is 10.2. The van der Waals surface area contributed by atoms with Crippen LogP contribution >= 0.6 is 0 Å². The summed E-state index contributed by atoms with van der Waals surface area (Å²) in [7, 11) is 0. The number of aromatic carboxylic acids is 2. The van der Waals surface area contributed by atoms with Crippen molar-refractivity contribution in [2.24, 2.45) is 0 Å². The fraction of sp³-hybridized carbons (Fsp3) is 0.200. The number of allylic oxidation sites excluding steroid dienone is 1. The molecule has 0 aromatic heterocycles. The number of Topliss-reactive ketones (excluding diaryl/α,β-unsaturated/α-hetero) is 1. The van der Waals surface area contributed by atoms with Crippen LogP contribution in [0, 0.1) is 0 Å². The maximum absolute atomic E-state index is 11.8. The van der Waals surface area contributed by atoms with Gasteiger partial charge in [-0.3, -0.25) is 4.79 Å². The second-order valence-electron chi connectivity index (χ2n) is 4.46. The topological polar surface area (TPSA) is 118 Å². The highest BCUT2D eigenvalue weighted by atomic mass is 16.5. The monoisotopic (exact) mass is 306 g/mol. The maximum Gasteiger partial charge on any atom is 0.338 e. The van der Waals surface area contributed by atoms with E-state index in [1.807, 2.05) is 0 Å². The third kappa shape index (κ3) is 4.27. The molecule has 2 N–H and O–H groups in total. The Morgan fingerprint density at radius 2 is 1.68 bits per heavy atom. The molecule has 0 atom stereocenters. The average molecular weight is 306 g/mol. The van der Waals surface area contributed by atoms with Crippen molar-refractivity contribution in [1.29, 1.82) is 0 Å². The van der Waals surface area contributed by atoms with E-state index < -0.39 is 29.0 Å². The molecule has 0 spiro atoms. The first-order valence-corrected chi connectivity index (χ1v) is 6.20. The van der Waals surface area contributed by atoms with Crippen molar-refractivity contribution in [2.75, 3.05) is 6.61 Å². The molecule has 7 heteroatoms. The van der Waals surface area contributed by atoms with E-state index in [4.69, 9.17) is 14.9 Å². The second kappa shape index (κ2) is 7.16. The number of benzene rings is 1. The van der Waals surface area contributed by atoms with Gasteiger partial charge in [0.05, 0.1) is 23.3 Å². The van der Waals surface area contributed by atoms with Crippen LogP contribution in [0.1, 0.15) is 44.4 Å². The number of carbonyl (C=O) groups is 4. The zero-order valence-corrected chi connectivity index (χ0v) is 11.8. The van der Waals surface area contributed by atoms with E-state index in [0.717, 1.165) is 18.2 Å². The molecule has 0 aliphatic heterocycles. The fourth-order valence-electron chi connectivity index (χ4n) is 1.57. The third-order valence-electron chi connectivity index (χ3n) is 2.75. The van der Waals surface area contributed by atoms with Crippen molar-refractivity contribution in [3.63, 3.8) is 0 Å². The molecule has 0 saturated carbocycles. The highest BCUT2D eigenvalue weighted by Crippen LogP contribution is 2.14. The van der Waals surface area contributed by atoms with Crippen LogP contribution in [0.2, 0.25) is 0 Å². The maximum atomic E-state index is 11.8. The van der Waals surface area contributed by atoms with Gasteiger partial charge in [0.1, 0.15) is 0 Å². The van der Waals surface area contributed by atoms with Gasteiger partial charge in [-0.25, -0.2) is 14.4 Å². The number of hydrogen-bond donors (Lipinski definition) is 2. The van der Waals surface area contributed by atoms with Crippen molar-refractivity contribution < 1.29 is 34.1 Å². The van der Waals surface area contributed by atoms with E-state index in [0.29, 0.717) is 5.57 Å². The molecule has 0 radical (unpaired) electrons. The smallest absolute Gasteiger partial charge is 0.338 e. The lowest BCUT2D eigenvalue weighted by molar-refractivity contribution is -0.116. The minimum absolute atomic E-state index is 0.0277. The van der Waals surface area contributed by atoms with Crippen LogP contribution in [0.25, 0.3) is 0 Å². The normalized spacial score (nSPS) is 9.86. The molecule has 0 aliphatic rings. The van der Waals surface area contributed by atoms with Gasteiger partial charge >= 0.3 is 17.9 Å². The molecule has 0 aliphatic carbocycles. The highest BCUT2D eigenvalue weighted by Gasteiger charge is 2.19. The zero-order chi connectivity index (χ0) is 16.9. The summed E-state index contributed by atoms with van der Waals surface area (Å²) in [6.45, 7) is 4.82. The van der Waals surface area contributed by atoms with Crippen LogP contribution in [-0.2, 0) is 9.53 Å². The zero-order valence-electron chi connectivity index (χ0n) is 11.8. The SMILES string of the molecule is C=C(C)C(=O)CCOC(=O)c1ccc(C(=O)O)c(C(=O)O)c1. The fourth-order valence-corrected chi connectivity index (χ4v) is 1.57. The predicted octanol–water partition coefficient (Wildman–Crippen LogP) is 1.78. The Morgan fingerprint density at radius 1 is 1.09 bits per heavy atom. The molecule has 0 bridgehead atoms. The van der Waals surface area contributed by atoms with Crippen LogP contribution in [0.4, 0.5) is 0 Å². The van der Waals surface area contributed by atoms with E-state index in [1.165, 1.54) is 6.92 Å². The largest absolute Gasteiger partial charge is 0.478 e. The molecule has 0 amide bonds. The molecular weight excluding hydrogens is 292 g/mol. The Labute approximate surface area is 125 Å². The summed E-state index contributed by atoms with van der Waals surface area (Å²) in [6, 6.07) is 3.09. The highest BCUT2D eigenvalue weighted by molar-refractivity contribution is 6.04. The van der Waals surface area contributed by atoms with E-state index >= 15 is 0 Å². The standard InChI is InChI=1S/C15H14O7/c1-8(2)12(16)5-6-22-15(21)9-3-4-10(13(17)18)11(7-9)14(19)20/h3-4,7H,1,5-6H2,2H3,(H,17,18)(H,19,20). The van der Waals surface area contributed by atoms with Gasteiger partial charge in [-0.1, -0.05) is 6.58 Å². The molecule has 22 heavy (non-hydrogen) atoms. The van der Waals surface area contributed by atoms with E-state index in [-0.39, 0.29) is 24.4 Å². The molecule has 0 heterocycles. The number of hydrogen-bond acceptors (Lipinski definition) is 5.